The van der Waals surface area contributed by atoms with Gasteiger partial charge >= 0.3 is 17.9 Å². The number of phenols is 3. The second-order valence-electron chi connectivity index (χ2n) is 15.1. The SMILES string of the molecule is Cc1cccnc1Cc1ccc(N=Nc2ccc(O)c(C(=O)O)c2)cc1.O=C(O)Cc1cc(N=Nc2ccccc2)ccc1O.O=C(O)c1cc(N=Nc2ccc(Cc3ccccn3)cc2)ccc1O. The van der Waals surface area contributed by atoms with Crippen molar-refractivity contribution in [1.29, 1.82) is 0 Å². The Morgan fingerprint density at radius 3 is 1.37 bits per heavy atom. The highest BCUT2D eigenvalue weighted by molar-refractivity contribution is 5.92. The molecule has 17 nitrogen and oxygen atoms in total. The van der Waals surface area contributed by atoms with E-state index in [2.05, 4.69) is 40.7 Å². The van der Waals surface area contributed by atoms with Gasteiger partial charge in [0.1, 0.15) is 28.4 Å². The highest BCUT2D eigenvalue weighted by Crippen LogP contribution is 2.28. The summed E-state index contributed by atoms with van der Waals surface area (Å²) in [5.74, 6) is -4.09. The molecule has 6 aromatic carbocycles. The van der Waals surface area contributed by atoms with Crippen molar-refractivity contribution < 1.29 is 45.0 Å². The Morgan fingerprint density at radius 1 is 0.443 bits per heavy atom. The lowest BCUT2D eigenvalue weighted by molar-refractivity contribution is -0.136. The first-order valence-electron chi connectivity index (χ1n) is 21.2. The maximum Gasteiger partial charge on any atom is 0.339 e. The maximum atomic E-state index is 11.0. The van der Waals surface area contributed by atoms with Crippen LogP contribution in [0, 0.1) is 6.92 Å². The molecular formula is C53H44N8O9. The van der Waals surface area contributed by atoms with Gasteiger partial charge in [-0.05, 0) is 133 Å². The largest absolute Gasteiger partial charge is 0.508 e. The number of carbonyl (C=O) groups is 3. The van der Waals surface area contributed by atoms with Crippen molar-refractivity contribution in [2.45, 2.75) is 26.2 Å². The third-order valence-corrected chi connectivity index (χ3v) is 9.90. The molecule has 8 aromatic rings. The molecule has 6 N–H and O–H groups in total. The van der Waals surface area contributed by atoms with Gasteiger partial charge in [-0.15, -0.1) is 0 Å². The minimum Gasteiger partial charge on any atom is -0.508 e. The Bertz CT molecular complexity index is 3150. The average molecular weight is 937 g/mol. The van der Waals surface area contributed by atoms with Crippen LogP contribution in [0.25, 0.3) is 0 Å². The van der Waals surface area contributed by atoms with Gasteiger partial charge in [0.05, 0.1) is 40.5 Å². The zero-order chi connectivity index (χ0) is 49.8. The molecule has 0 saturated carbocycles. The molecular weight excluding hydrogens is 893 g/mol. The summed E-state index contributed by atoms with van der Waals surface area (Å²) >= 11 is 0. The minimum absolute atomic E-state index is 0.0546. The lowest BCUT2D eigenvalue weighted by atomic mass is 10.1. The molecule has 350 valence electrons. The van der Waals surface area contributed by atoms with Crippen LogP contribution in [-0.2, 0) is 24.1 Å². The number of hydrogen-bond acceptors (Lipinski definition) is 14. The molecule has 0 radical (unpaired) electrons. The van der Waals surface area contributed by atoms with E-state index in [9.17, 15) is 29.7 Å². The van der Waals surface area contributed by atoms with Crippen molar-refractivity contribution >= 4 is 52.0 Å². The number of phenolic OH excluding ortho intramolecular Hbond substituents is 1. The van der Waals surface area contributed by atoms with Gasteiger partial charge in [0.25, 0.3) is 0 Å². The van der Waals surface area contributed by atoms with Crippen LogP contribution in [0.3, 0.4) is 0 Å². The van der Waals surface area contributed by atoms with Crippen molar-refractivity contribution in [3.63, 3.8) is 0 Å². The number of hydrogen-bond donors (Lipinski definition) is 6. The normalized spacial score (nSPS) is 10.9. The number of carboxylic acids is 3. The molecule has 70 heavy (non-hydrogen) atoms. The Morgan fingerprint density at radius 2 is 0.886 bits per heavy atom. The van der Waals surface area contributed by atoms with Gasteiger partial charge in [0.15, 0.2) is 0 Å². The van der Waals surface area contributed by atoms with E-state index in [1.165, 1.54) is 48.5 Å². The molecule has 2 aromatic heterocycles. The number of aromatic carboxylic acids is 2. The van der Waals surface area contributed by atoms with E-state index in [0.29, 0.717) is 39.7 Å². The first-order valence-corrected chi connectivity index (χ1v) is 21.2. The second kappa shape index (κ2) is 24.7. The van der Waals surface area contributed by atoms with Crippen LogP contribution in [0.4, 0.5) is 34.1 Å². The number of nitrogens with zero attached hydrogens (tertiary/aromatic N) is 8. The average Bonchev–Trinajstić information content (AvgIpc) is 3.36. The van der Waals surface area contributed by atoms with Crippen LogP contribution in [-0.4, -0.2) is 58.5 Å². The van der Waals surface area contributed by atoms with Crippen LogP contribution in [0.2, 0.25) is 0 Å². The number of benzene rings is 6. The van der Waals surface area contributed by atoms with Crippen LogP contribution < -0.4 is 0 Å². The Labute approximate surface area is 400 Å². The minimum atomic E-state index is -1.21. The third-order valence-electron chi connectivity index (χ3n) is 9.90. The highest BCUT2D eigenvalue weighted by atomic mass is 16.4. The van der Waals surface area contributed by atoms with E-state index in [-0.39, 0.29) is 34.8 Å². The molecule has 0 bridgehead atoms. The third kappa shape index (κ3) is 15.4. The van der Waals surface area contributed by atoms with Gasteiger partial charge in [-0.25, -0.2) is 9.59 Å². The van der Waals surface area contributed by atoms with E-state index in [1.807, 2.05) is 116 Å². The molecule has 0 aliphatic heterocycles. The van der Waals surface area contributed by atoms with Gasteiger partial charge in [-0.3, -0.25) is 14.8 Å². The van der Waals surface area contributed by atoms with Gasteiger partial charge in [0.2, 0.25) is 0 Å². The van der Waals surface area contributed by atoms with Crippen molar-refractivity contribution in [2.24, 2.45) is 30.7 Å². The monoisotopic (exact) mass is 936 g/mol. The van der Waals surface area contributed by atoms with Crippen molar-refractivity contribution in [1.82, 2.24) is 9.97 Å². The molecule has 0 atom stereocenters. The fraction of sp³-hybridized carbons (Fsp3) is 0.0755. The maximum absolute atomic E-state index is 11.0. The Hall–Kier alpha value is -9.77. The highest BCUT2D eigenvalue weighted by Gasteiger charge is 2.12. The van der Waals surface area contributed by atoms with Gasteiger partial charge in [0, 0.05) is 42.2 Å². The quantitative estimate of drug-likeness (QED) is 0.0558. The van der Waals surface area contributed by atoms with Crippen LogP contribution >= 0.6 is 0 Å². The van der Waals surface area contributed by atoms with Gasteiger partial charge in [-0.1, -0.05) is 54.6 Å². The van der Waals surface area contributed by atoms with E-state index in [0.717, 1.165) is 40.9 Å². The van der Waals surface area contributed by atoms with Crippen molar-refractivity contribution in [3.05, 3.63) is 221 Å². The summed E-state index contributed by atoms with van der Waals surface area (Å²) in [6, 6.07) is 46.7. The Kier molecular flexibility index (Phi) is 17.5. The van der Waals surface area contributed by atoms with Gasteiger partial charge in [-0.2, -0.15) is 30.7 Å². The summed E-state index contributed by atoms with van der Waals surface area (Å²) < 4.78 is 0. The molecule has 8 rings (SSSR count). The lowest BCUT2D eigenvalue weighted by Crippen LogP contribution is -1.99. The number of aromatic hydroxyl groups is 3. The summed E-state index contributed by atoms with van der Waals surface area (Å²) in [4.78, 5) is 41.3. The number of pyridine rings is 2. The molecule has 0 amide bonds. The standard InChI is InChI=1S/C20H17N3O3.C19H15N3O3.C14H12N2O3/c1-13-3-2-10-21-18(13)11-14-4-6-15(7-5-14)22-23-16-8-9-19(24)17(12-16)20(25)26;23-18-9-8-16(12-17(18)19(24)25)22-21-14-6-4-13(5-7-14)11-15-3-1-2-10-20-15;17-13-7-6-12(8-10(13)9-14(18)19)16-15-11-4-2-1-3-5-11/h2-10,12,24H,11H2,1H3,(H,25,26);1-10,12,23H,11H2,(H,24,25);1-8,17H,9H2,(H,18,19). The predicted octanol–water partition coefficient (Wildman–Crippen LogP) is 12.7. The zero-order valence-corrected chi connectivity index (χ0v) is 37.4. The number of aryl methyl sites for hydroxylation is 1. The number of azo groups is 3. The Balaban J connectivity index is 0.000000174. The molecule has 0 aliphatic carbocycles. The second-order valence-corrected chi connectivity index (χ2v) is 15.1. The molecule has 0 fully saturated rings. The number of aliphatic carboxylic acids is 1. The summed E-state index contributed by atoms with van der Waals surface area (Å²) in [7, 11) is 0. The molecule has 0 saturated heterocycles. The predicted molar refractivity (Wildman–Crippen MR) is 260 cm³/mol. The molecule has 0 spiro atoms. The lowest BCUT2D eigenvalue weighted by Gasteiger charge is -2.04. The smallest absolute Gasteiger partial charge is 0.339 e. The summed E-state index contributed by atoms with van der Waals surface area (Å²) in [6.07, 6.45) is 4.78. The molecule has 17 heteroatoms. The number of aromatic nitrogens is 2. The van der Waals surface area contributed by atoms with Crippen LogP contribution in [0.5, 0.6) is 17.2 Å². The fourth-order valence-electron chi connectivity index (χ4n) is 6.26. The fourth-order valence-corrected chi connectivity index (χ4v) is 6.26. The first kappa shape index (κ1) is 49.7. The van der Waals surface area contributed by atoms with E-state index in [4.69, 9.17) is 15.3 Å². The number of carboxylic acid groups (broad SMARTS) is 3. The van der Waals surface area contributed by atoms with Gasteiger partial charge < -0.3 is 30.6 Å². The van der Waals surface area contributed by atoms with E-state index in [1.54, 1.807) is 18.5 Å². The number of rotatable bonds is 14. The van der Waals surface area contributed by atoms with Crippen LogP contribution in [0.1, 0.15) is 54.4 Å². The molecule has 0 unspecified atom stereocenters. The topological polar surface area (TPSA) is 273 Å². The molecule has 2 heterocycles. The molecule has 0 aliphatic rings. The van der Waals surface area contributed by atoms with Crippen molar-refractivity contribution in [2.75, 3.05) is 0 Å². The van der Waals surface area contributed by atoms with E-state index < -0.39 is 17.9 Å². The summed E-state index contributed by atoms with van der Waals surface area (Å²) in [5, 5.41) is 79.5. The first-order chi connectivity index (χ1) is 33.8. The summed E-state index contributed by atoms with van der Waals surface area (Å²) in [5.41, 5.74) is 8.51. The summed E-state index contributed by atoms with van der Waals surface area (Å²) in [6.45, 7) is 2.04. The van der Waals surface area contributed by atoms with Crippen molar-refractivity contribution in [3.8, 4) is 17.2 Å². The van der Waals surface area contributed by atoms with Crippen LogP contribution in [0.15, 0.2) is 207 Å². The van der Waals surface area contributed by atoms with E-state index >= 15 is 0 Å². The zero-order valence-electron chi connectivity index (χ0n) is 37.4.